The highest BCUT2D eigenvalue weighted by Crippen LogP contribution is 2.25. The predicted octanol–water partition coefficient (Wildman–Crippen LogP) is 5.48. The normalized spacial score (nSPS) is 18.0. The van der Waals surface area contributed by atoms with Crippen LogP contribution in [0.2, 0.25) is 0 Å². The van der Waals surface area contributed by atoms with Crippen LogP contribution in [0.5, 0.6) is 5.75 Å². The zero-order chi connectivity index (χ0) is 21.7. The average molecular weight is 409 g/mol. The third-order valence-corrected chi connectivity index (χ3v) is 5.88. The molecule has 1 fully saturated rings. The standard InChI is InChI=1S/C26H36N2O2/c1-19-7-6-16-28(17-19)23-12-8-21(9-13-23)20(2)27-25(29)18-30-24-14-10-22(11-15-24)26(3,4)5/h8-15,19-20H,6-7,16-18H2,1-5H3,(H,27,29)/t19-,20+/m1/s1. The van der Waals surface area contributed by atoms with Crippen LogP contribution >= 0.6 is 0 Å². The Hall–Kier alpha value is -2.49. The molecular formula is C26H36N2O2. The van der Waals surface area contributed by atoms with Crippen molar-refractivity contribution >= 4 is 11.6 Å². The highest BCUT2D eigenvalue weighted by molar-refractivity contribution is 5.78. The second-order valence-electron chi connectivity index (χ2n) is 9.64. The number of benzene rings is 2. The van der Waals surface area contributed by atoms with Crippen LogP contribution < -0.4 is 15.0 Å². The van der Waals surface area contributed by atoms with E-state index in [-0.39, 0.29) is 24.0 Å². The molecular weight excluding hydrogens is 372 g/mol. The highest BCUT2D eigenvalue weighted by Gasteiger charge is 2.17. The van der Waals surface area contributed by atoms with Crippen LogP contribution in [-0.4, -0.2) is 25.6 Å². The van der Waals surface area contributed by atoms with Crippen molar-refractivity contribution in [1.29, 1.82) is 0 Å². The molecule has 0 aromatic heterocycles. The topological polar surface area (TPSA) is 41.6 Å². The number of anilines is 1. The van der Waals surface area contributed by atoms with Crippen molar-refractivity contribution in [3.05, 3.63) is 59.7 Å². The summed E-state index contributed by atoms with van der Waals surface area (Å²) < 4.78 is 5.66. The number of hydrogen-bond donors (Lipinski definition) is 1. The van der Waals surface area contributed by atoms with E-state index < -0.39 is 0 Å². The summed E-state index contributed by atoms with van der Waals surface area (Å²) in [6.07, 6.45) is 2.58. The molecule has 1 N–H and O–H groups in total. The summed E-state index contributed by atoms with van der Waals surface area (Å²) in [5, 5.41) is 3.03. The third kappa shape index (κ3) is 6.01. The van der Waals surface area contributed by atoms with Crippen molar-refractivity contribution in [3.63, 3.8) is 0 Å². The molecule has 4 heteroatoms. The largest absolute Gasteiger partial charge is 0.484 e. The van der Waals surface area contributed by atoms with Crippen LogP contribution in [0.25, 0.3) is 0 Å². The maximum atomic E-state index is 12.3. The Balaban J connectivity index is 1.49. The third-order valence-electron chi connectivity index (χ3n) is 5.88. The maximum absolute atomic E-state index is 12.3. The Kier molecular flexibility index (Phi) is 7.06. The minimum Gasteiger partial charge on any atom is -0.484 e. The van der Waals surface area contributed by atoms with E-state index in [0.717, 1.165) is 24.6 Å². The van der Waals surface area contributed by atoms with Gasteiger partial charge in [0, 0.05) is 18.8 Å². The van der Waals surface area contributed by atoms with Gasteiger partial charge in [-0.25, -0.2) is 0 Å². The molecule has 2 atom stereocenters. The van der Waals surface area contributed by atoms with E-state index in [9.17, 15) is 4.79 Å². The Morgan fingerprint density at radius 2 is 1.80 bits per heavy atom. The van der Waals surface area contributed by atoms with Crippen molar-refractivity contribution in [2.45, 2.75) is 58.9 Å². The number of carbonyl (C=O) groups is 1. The molecule has 30 heavy (non-hydrogen) atoms. The molecule has 4 nitrogen and oxygen atoms in total. The number of carbonyl (C=O) groups excluding carboxylic acids is 1. The lowest BCUT2D eigenvalue weighted by Crippen LogP contribution is -2.34. The predicted molar refractivity (Wildman–Crippen MR) is 124 cm³/mol. The molecule has 2 aromatic carbocycles. The summed E-state index contributed by atoms with van der Waals surface area (Å²) in [7, 11) is 0. The zero-order valence-corrected chi connectivity index (χ0v) is 19.1. The van der Waals surface area contributed by atoms with Crippen molar-refractivity contribution in [2.24, 2.45) is 5.92 Å². The Labute approximate surface area is 181 Å². The van der Waals surface area contributed by atoms with Crippen LogP contribution in [0.4, 0.5) is 5.69 Å². The Bertz CT molecular complexity index is 822. The molecule has 1 aliphatic rings. The molecule has 2 aromatic rings. The summed E-state index contributed by atoms with van der Waals surface area (Å²) >= 11 is 0. The van der Waals surface area contributed by atoms with Gasteiger partial charge >= 0.3 is 0 Å². The lowest BCUT2D eigenvalue weighted by molar-refractivity contribution is -0.123. The first-order valence-electron chi connectivity index (χ1n) is 11.1. The second-order valence-corrected chi connectivity index (χ2v) is 9.64. The van der Waals surface area contributed by atoms with Crippen molar-refractivity contribution < 1.29 is 9.53 Å². The molecule has 0 bridgehead atoms. The van der Waals surface area contributed by atoms with Gasteiger partial charge in [0.1, 0.15) is 5.75 Å². The van der Waals surface area contributed by atoms with Gasteiger partial charge in [-0.15, -0.1) is 0 Å². The molecule has 0 aliphatic carbocycles. The van der Waals surface area contributed by atoms with E-state index in [4.69, 9.17) is 4.74 Å². The van der Waals surface area contributed by atoms with Crippen molar-refractivity contribution in [3.8, 4) is 5.75 Å². The molecule has 3 rings (SSSR count). The van der Waals surface area contributed by atoms with Crippen molar-refractivity contribution in [2.75, 3.05) is 24.6 Å². The first kappa shape index (κ1) is 22.2. The summed E-state index contributed by atoms with van der Waals surface area (Å²) in [6, 6.07) is 16.5. The lowest BCUT2D eigenvalue weighted by atomic mass is 9.87. The van der Waals surface area contributed by atoms with Gasteiger partial charge in [-0.3, -0.25) is 4.79 Å². The minimum absolute atomic E-state index is 0.0168. The molecule has 162 valence electrons. The van der Waals surface area contributed by atoms with E-state index in [2.05, 4.69) is 74.3 Å². The number of nitrogens with zero attached hydrogens (tertiary/aromatic N) is 1. The van der Waals surface area contributed by atoms with E-state index in [1.165, 1.54) is 24.1 Å². The molecule has 0 saturated carbocycles. The first-order valence-corrected chi connectivity index (χ1v) is 11.1. The van der Waals surface area contributed by atoms with Crippen LogP contribution in [0.15, 0.2) is 48.5 Å². The molecule has 1 saturated heterocycles. The van der Waals surface area contributed by atoms with E-state index in [1.807, 2.05) is 19.1 Å². The van der Waals surface area contributed by atoms with Gasteiger partial charge in [-0.05, 0) is 66.5 Å². The van der Waals surface area contributed by atoms with Crippen LogP contribution in [0.3, 0.4) is 0 Å². The highest BCUT2D eigenvalue weighted by atomic mass is 16.5. The van der Waals surface area contributed by atoms with Crippen LogP contribution in [0.1, 0.15) is 64.6 Å². The van der Waals surface area contributed by atoms with Gasteiger partial charge in [0.25, 0.3) is 5.91 Å². The Morgan fingerprint density at radius 3 is 2.40 bits per heavy atom. The molecule has 0 radical (unpaired) electrons. The quantitative estimate of drug-likeness (QED) is 0.688. The van der Waals surface area contributed by atoms with E-state index in [0.29, 0.717) is 5.75 Å². The summed E-state index contributed by atoms with van der Waals surface area (Å²) in [4.78, 5) is 14.8. The van der Waals surface area contributed by atoms with E-state index >= 15 is 0 Å². The average Bonchev–Trinajstić information content (AvgIpc) is 2.72. The molecule has 1 aliphatic heterocycles. The number of rotatable bonds is 6. The molecule has 1 heterocycles. The smallest absolute Gasteiger partial charge is 0.258 e. The summed E-state index contributed by atoms with van der Waals surface area (Å²) in [5.74, 6) is 1.35. The lowest BCUT2D eigenvalue weighted by Gasteiger charge is -2.33. The number of piperidine rings is 1. The number of ether oxygens (including phenoxy) is 1. The van der Waals surface area contributed by atoms with Crippen molar-refractivity contribution in [1.82, 2.24) is 5.32 Å². The van der Waals surface area contributed by atoms with Gasteiger partial charge in [-0.2, -0.15) is 0 Å². The second kappa shape index (κ2) is 9.55. The number of nitrogens with one attached hydrogen (secondary N) is 1. The molecule has 1 amide bonds. The van der Waals surface area contributed by atoms with Gasteiger partial charge in [0.05, 0.1) is 6.04 Å². The minimum atomic E-state index is -0.115. The Morgan fingerprint density at radius 1 is 1.13 bits per heavy atom. The van der Waals surface area contributed by atoms with Gasteiger partial charge in [0.15, 0.2) is 6.61 Å². The summed E-state index contributed by atoms with van der Waals surface area (Å²) in [6.45, 7) is 13.1. The molecule has 0 unspecified atom stereocenters. The zero-order valence-electron chi connectivity index (χ0n) is 19.1. The van der Waals surface area contributed by atoms with Gasteiger partial charge < -0.3 is 15.0 Å². The molecule has 0 spiro atoms. The fourth-order valence-electron chi connectivity index (χ4n) is 3.96. The fourth-order valence-corrected chi connectivity index (χ4v) is 3.96. The summed E-state index contributed by atoms with van der Waals surface area (Å²) in [5.41, 5.74) is 3.72. The maximum Gasteiger partial charge on any atom is 0.258 e. The first-order chi connectivity index (χ1) is 14.2. The van der Waals surface area contributed by atoms with Crippen LogP contribution in [-0.2, 0) is 10.2 Å². The van der Waals surface area contributed by atoms with Crippen LogP contribution in [0, 0.1) is 5.92 Å². The number of amides is 1. The van der Waals surface area contributed by atoms with Gasteiger partial charge in [0.2, 0.25) is 0 Å². The van der Waals surface area contributed by atoms with E-state index in [1.54, 1.807) is 0 Å². The fraction of sp³-hybridized carbons (Fsp3) is 0.500. The monoisotopic (exact) mass is 408 g/mol. The SMILES string of the molecule is C[C@@H]1CCCN(c2ccc([C@H](C)NC(=O)COc3ccc(C(C)(C)C)cc3)cc2)C1. The van der Waals surface area contributed by atoms with Gasteiger partial charge in [-0.1, -0.05) is 52.0 Å². The number of hydrogen-bond acceptors (Lipinski definition) is 3.